The molecular weight excluding hydrogens is 332 g/mol. The van der Waals surface area contributed by atoms with Crippen molar-refractivity contribution in [2.75, 3.05) is 0 Å². The zero-order valence-corrected chi connectivity index (χ0v) is 13.3. The van der Waals surface area contributed by atoms with Crippen LogP contribution >= 0.6 is 15.9 Å². The van der Waals surface area contributed by atoms with Crippen molar-refractivity contribution in [1.29, 1.82) is 0 Å². The number of hydrogen-bond acceptors (Lipinski definition) is 3. The van der Waals surface area contributed by atoms with Crippen molar-refractivity contribution >= 4 is 27.0 Å². The number of halogens is 1. The summed E-state index contributed by atoms with van der Waals surface area (Å²) in [5, 5.41) is 0. The quantitative estimate of drug-likeness (QED) is 0.774. The van der Waals surface area contributed by atoms with E-state index < -0.39 is 0 Å². The molecule has 4 nitrogen and oxygen atoms in total. The van der Waals surface area contributed by atoms with E-state index in [1.165, 1.54) is 4.57 Å². The van der Waals surface area contributed by atoms with E-state index in [1.54, 1.807) is 7.05 Å². The Hall–Kier alpha value is -1.85. The van der Waals surface area contributed by atoms with E-state index in [1.807, 2.05) is 43.3 Å². The van der Waals surface area contributed by atoms with Crippen molar-refractivity contribution in [1.82, 2.24) is 4.57 Å². The predicted octanol–water partition coefficient (Wildman–Crippen LogP) is 3.25. The average molecular weight is 347 g/mol. The molecule has 0 saturated carbocycles. The van der Waals surface area contributed by atoms with Gasteiger partial charge in [0.25, 0.3) is 0 Å². The fourth-order valence-corrected chi connectivity index (χ4v) is 2.74. The van der Waals surface area contributed by atoms with Gasteiger partial charge in [-0.25, -0.2) is 4.79 Å². The van der Waals surface area contributed by atoms with Gasteiger partial charge in [-0.2, -0.15) is 0 Å². The third-order valence-electron chi connectivity index (χ3n) is 3.73. The average Bonchev–Trinajstić information content (AvgIpc) is 2.76. The molecule has 1 heterocycles. The fraction of sp³-hybridized carbons (Fsp3) is 0.188. The topological polar surface area (TPSA) is 61.2 Å². The molecule has 1 aromatic heterocycles. The molecule has 0 spiro atoms. The van der Waals surface area contributed by atoms with Crippen LogP contribution in [-0.4, -0.2) is 4.57 Å². The number of aryl methyl sites for hydroxylation is 2. The van der Waals surface area contributed by atoms with E-state index in [9.17, 15) is 4.79 Å². The summed E-state index contributed by atoms with van der Waals surface area (Å²) >= 11 is 3.52. The number of fused-ring (bicyclic) bond motifs is 1. The van der Waals surface area contributed by atoms with Crippen LogP contribution in [-0.2, 0) is 7.05 Å². The lowest BCUT2D eigenvalue weighted by atomic mass is 9.98. The number of rotatable bonds is 2. The molecule has 21 heavy (non-hydrogen) atoms. The molecule has 5 heteroatoms. The minimum atomic E-state index is -0.367. The van der Waals surface area contributed by atoms with Crippen molar-refractivity contribution < 1.29 is 4.42 Å². The molecule has 3 rings (SSSR count). The molecule has 0 aliphatic rings. The summed E-state index contributed by atoms with van der Waals surface area (Å²) in [5.41, 5.74) is 10.7. The monoisotopic (exact) mass is 346 g/mol. The van der Waals surface area contributed by atoms with Gasteiger partial charge in [0.1, 0.15) is 0 Å². The van der Waals surface area contributed by atoms with E-state index in [2.05, 4.69) is 15.9 Å². The largest absolute Gasteiger partial charge is 0.419 e. The summed E-state index contributed by atoms with van der Waals surface area (Å²) in [7, 11) is 1.69. The normalized spacial score (nSPS) is 12.8. The number of benzene rings is 2. The maximum Gasteiger partial charge on any atom is 0.419 e. The Kier molecular flexibility index (Phi) is 3.47. The van der Waals surface area contributed by atoms with Crippen LogP contribution in [0.25, 0.3) is 11.1 Å². The summed E-state index contributed by atoms with van der Waals surface area (Å²) in [4.78, 5) is 11.5. The van der Waals surface area contributed by atoms with Gasteiger partial charge in [0.2, 0.25) is 0 Å². The molecule has 2 N–H and O–H groups in total. The highest BCUT2D eigenvalue weighted by molar-refractivity contribution is 9.10. The lowest BCUT2D eigenvalue weighted by Crippen LogP contribution is -2.12. The van der Waals surface area contributed by atoms with Crippen LogP contribution in [0.5, 0.6) is 0 Å². The summed E-state index contributed by atoms with van der Waals surface area (Å²) in [6.07, 6.45) is 0. The number of oxazole rings is 1. The highest BCUT2D eigenvalue weighted by atomic mass is 79.9. The van der Waals surface area contributed by atoms with Crippen LogP contribution in [0.3, 0.4) is 0 Å². The first-order chi connectivity index (χ1) is 9.97. The van der Waals surface area contributed by atoms with Gasteiger partial charge in [0.15, 0.2) is 5.58 Å². The smallest absolute Gasteiger partial charge is 0.408 e. The van der Waals surface area contributed by atoms with E-state index in [4.69, 9.17) is 10.2 Å². The Morgan fingerprint density at radius 3 is 2.57 bits per heavy atom. The van der Waals surface area contributed by atoms with Crippen molar-refractivity contribution in [2.45, 2.75) is 13.0 Å². The first-order valence-corrected chi connectivity index (χ1v) is 7.38. The van der Waals surface area contributed by atoms with Gasteiger partial charge < -0.3 is 10.2 Å². The van der Waals surface area contributed by atoms with Crippen molar-refractivity contribution in [3.63, 3.8) is 0 Å². The van der Waals surface area contributed by atoms with Crippen LogP contribution in [0.15, 0.2) is 50.1 Å². The Morgan fingerprint density at radius 2 is 1.86 bits per heavy atom. The zero-order valence-electron chi connectivity index (χ0n) is 11.8. The molecule has 2 aromatic carbocycles. The lowest BCUT2D eigenvalue weighted by Gasteiger charge is -2.13. The second-order valence-electron chi connectivity index (χ2n) is 5.14. The minimum absolute atomic E-state index is 0.267. The third-order valence-corrected chi connectivity index (χ3v) is 4.58. The molecule has 108 valence electrons. The third kappa shape index (κ3) is 2.43. The van der Waals surface area contributed by atoms with Crippen LogP contribution < -0.4 is 11.5 Å². The van der Waals surface area contributed by atoms with Gasteiger partial charge in [0, 0.05) is 11.5 Å². The highest BCUT2D eigenvalue weighted by Crippen LogP contribution is 2.26. The maximum atomic E-state index is 11.5. The van der Waals surface area contributed by atoms with Crippen molar-refractivity contribution in [3.8, 4) is 0 Å². The van der Waals surface area contributed by atoms with Gasteiger partial charge in [-0.15, -0.1) is 0 Å². The Bertz CT molecular complexity index is 880. The summed E-state index contributed by atoms with van der Waals surface area (Å²) in [6, 6.07) is 11.4. The fourth-order valence-electron chi connectivity index (χ4n) is 2.34. The molecule has 0 amide bonds. The number of hydrogen-bond donors (Lipinski definition) is 1. The molecule has 0 fully saturated rings. The lowest BCUT2D eigenvalue weighted by molar-refractivity contribution is 0.527. The van der Waals surface area contributed by atoms with Crippen molar-refractivity contribution in [3.05, 3.63) is 68.1 Å². The molecular formula is C16H15BrN2O2. The highest BCUT2D eigenvalue weighted by Gasteiger charge is 2.13. The van der Waals surface area contributed by atoms with Gasteiger partial charge in [0.05, 0.1) is 11.6 Å². The van der Waals surface area contributed by atoms with Crippen LogP contribution in [0.4, 0.5) is 0 Å². The van der Waals surface area contributed by atoms with Gasteiger partial charge in [-0.1, -0.05) is 34.1 Å². The SMILES string of the molecule is Cc1ccc(C(N)c2ccc3c(c2)oc(=O)n3C)cc1Br. The molecule has 0 radical (unpaired) electrons. The van der Waals surface area contributed by atoms with Gasteiger partial charge >= 0.3 is 5.76 Å². The molecule has 1 unspecified atom stereocenters. The Balaban J connectivity index is 2.06. The van der Waals surface area contributed by atoms with Crippen molar-refractivity contribution in [2.24, 2.45) is 12.8 Å². The second-order valence-corrected chi connectivity index (χ2v) is 5.99. The Morgan fingerprint density at radius 1 is 1.19 bits per heavy atom. The summed E-state index contributed by atoms with van der Waals surface area (Å²) in [6.45, 7) is 2.03. The van der Waals surface area contributed by atoms with Crippen LogP contribution in [0.2, 0.25) is 0 Å². The number of aromatic nitrogens is 1. The van der Waals surface area contributed by atoms with Gasteiger partial charge in [-0.3, -0.25) is 4.57 Å². The van der Waals surface area contributed by atoms with E-state index >= 15 is 0 Å². The molecule has 3 aromatic rings. The van der Waals surface area contributed by atoms with E-state index in [0.717, 1.165) is 26.7 Å². The maximum absolute atomic E-state index is 11.5. The molecule has 0 aliphatic heterocycles. The zero-order chi connectivity index (χ0) is 15.1. The first kappa shape index (κ1) is 14.1. The minimum Gasteiger partial charge on any atom is -0.408 e. The molecule has 0 saturated heterocycles. The number of nitrogens with zero attached hydrogens (tertiary/aromatic N) is 1. The van der Waals surface area contributed by atoms with E-state index in [0.29, 0.717) is 5.58 Å². The predicted molar refractivity (Wildman–Crippen MR) is 86.4 cm³/mol. The van der Waals surface area contributed by atoms with Gasteiger partial charge in [-0.05, 0) is 41.8 Å². The van der Waals surface area contributed by atoms with E-state index in [-0.39, 0.29) is 11.8 Å². The molecule has 0 aliphatic carbocycles. The first-order valence-electron chi connectivity index (χ1n) is 6.58. The Labute approximate surface area is 130 Å². The van der Waals surface area contributed by atoms with Crippen LogP contribution in [0.1, 0.15) is 22.7 Å². The summed E-state index contributed by atoms with van der Waals surface area (Å²) in [5.74, 6) is -0.367. The molecule has 0 bridgehead atoms. The molecule has 1 atom stereocenters. The second kappa shape index (κ2) is 5.16. The standard InChI is InChI=1S/C16H15BrN2O2/c1-9-3-4-10(7-12(9)17)15(18)11-5-6-13-14(8-11)21-16(20)19(13)2/h3-8,15H,18H2,1-2H3. The van der Waals surface area contributed by atoms with Crippen LogP contribution in [0, 0.1) is 6.92 Å². The summed E-state index contributed by atoms with van der Waals surface area (Å²) < 4.78 is 7.72. The number of nitrogens with two attached hydrogens (primary N) is 1.